The van der Waals surface area contributed by atoms with Gasteiger partial charge in [0.2, 0.25) is 0 Å². The van der Waals surface area contributed by atoms with Gasteiger partial charge in [-0.25, -0.2) is 8.78 Å². The highest BCUT2D eigenvalue weighted by Crippen LogP contribution is 2.38. The minimum Gasteiger partial charge on any atom is -0.386 e. The maximum atomic E-state index is 14.3. The highest BCUT2D eigenvalue weighted by atomic mass is 19.1. The van der Waals surface area contributed by atoms with E-state index < -0.39 is 23.8 Å². The molecule has 0 spiro atoms. The molecule has 0 aliphatic heterocycles. The largest absolute Gasteiger partial charge is 0.386 e. The van der Waals surface area contributed by atoms with Gasteiger partial charge in [0, 0.05) is 16.2 Å². The van der Waals surface area contributed by atoms with E-state index in [1.54, 1.807) is 30.3 Å². The van der Waals surface area contributed by atoms with Crippen LogP contribution in [0.1, 0.15) is 17.2 Å². The Morgan fingerprint density at radius 3 is 2.36 bits per heavy atom. The molecule has 1 aliphatic rings. The number of hydrogen-bond acceptors (Lipinski definition) is 2. The standard InChI is InChI=1S/C18H12F2O2/c19-13-6-7-14(20)17-12(13)4-2-9-1-3-11-10(16(9)17)5-8-15(21)18(11)22/h1-8,15,18,21-22H/t15-,18-/m0/s1. The Kier molecular flexibility index (Phi) is 2.79. The first-order chi connectivity index (χ1) is 10.6. The molecule has 3 aromatic rings. The van der Waals surface area contributed by atoms with Gasteiger partial charge in [-0.3, -0.25) is 0 Å². The number of halogens is 2. The van der Waals surface area contributed by atoms with E-state index in [1.165, 1.54) is 6.08 Å². The van der Waals surface area contributed by atoms with E-state index in [0.29, 0.717) is 16.5 Å². The smallest absolute Gasteiger partial charge is 0.131 e. The van der Waals surface area contributed by atoms with Gasteiger partial charge >= 0.3 is 0 Å². The Labute approximate surface area is 124 Å². The molecule has 0 saturated carbocycles. The van der Waals surface area contributed by atoms with E-state index in [2.05, 4.69) is 0 Å². The summed E-state index contributed by atoms with van der Waals surface area (Å²) in [4.78, 5) is 0. The second-order valence-corrected chi connectivity index (χ2v) is 5.48. The summed E-state index contributed by atoms with van der Waals surface area (Å²) in [5.41, 5.74) is 1.13. The predicted octanol–water partition coefficient (Wildman–Crippen LogP) is 3.69. The third-order valence-electron chi connectivity index (χ3n) is 4.23. The second-order valence-electron chi connectivity index (χ2n) is 5.48. The molecule has 0 aromatic heterocycles. The SMILES string of the molecule is O[C@H]1C=Cc2c(ccc3ccc4c(F)ccc(F)c4c23)[C@@H]1O. The lowest BCUT2D eigenvalue weighted by Crippen LogP contribution is -2.19. The molecule has 4 heteroatoms. The maximum absolute atomic E-state index is 14.3. The highest BCUT2D eigenvalue weighted by molar-refractivity contribution is 6.12. The Hall–Kier alpha value is -2.30. The monoisotopic (exact) mass is 298 g/mol. The molecular formula is C18H12F2O2. The molecular weight excluding hydrogens is 286 g/mol. The van der Waals surface area contributed by atoms with Crippen LogP contribution < -0.4 is 0 Å². The average Bonchev–Trinajstić information content (AvgIpc) is 2.53. The van der Waals surface area contributed by atoms with Gasteiger partial charge in [0.25, 0.3) is 0 Å². The minimum atomic E-state index is -1.07. The molecule has 2 N–H and O–H groups in total. The van der Waals surface area contributed by atoms with Gasteiger partial charge in [0.1, 0.15) is 23.8 Å². The number of hydrogen-bond donors (Lipinski definition) is 2. The zero-order chi connectivity index (χ0) is 15.4. The zero-order valence-electron chi connectivity index (χ0n) is 11.4. The molecule has 22 heavy (non-hydrogen) atoms. The van der Waals surface area contributed by atoms with Crippen molar-refractivity contribution in [2.24, 2.45) is 0 Å². The summed E-state index contributed by atoms with van der Waals surface area (Å²) in [6.45, 7) is 0. The Balaban J connectivity index is 2.24. The molecule has 0 bridgehead atoms. The lowest BCUT2D eigenvalue weighted by Gasteiger charge is -2.23. The van der Waals surface area contributed by atoms with Crippen molar-refractivity contribution >= 4 is 27.6 Å². The summed E-state index contributed by atoms with van der Waals surface area (Å²) >= 11 is 0. The molecule has 0 amide bonds. The Morgan fingerprint density at radius 1 is 0.818 bits per heavy atom. The highest BCUT2D eigenvalue weighted by Gasteiger charge is 2.24. The molecule has 2 nitrogen and oxygen atoms in total. The topological polar surface area (TPSA) is 40.5 Å². The number of rotatable bonds is 0. The van der Waals surface area contributed by atoms with Crippen molar-refractivity contribution in [1.82, 2.24) is 0 Å². The number of aliphatic hydroxyl groups is 2. The second kappa shape index (κ2) is 4.60. The van der Waals surface area contributed by atoms with Crippen LogP contribution in [-0.4, -0.2) is 16.3 Å². The van der Waals surface area contributed by atoms with Gasteiger partial charge in [-0.15, -0.1) is 0 Å². The van der Waals surface area contributed by atoms with Crippen LogP contribution in [0.2, 0.25) is 0 Å². The van der Waals surface area contributed by atoms with Crippen molar-refractivity contribution in [3.8, 4) is 0 Å². The van der Waals surface area contributed by atoms with Crippen LogP contribution in [0, 0.1) is 11.6 Å². The summed E-state index contributed by atoms with van der Waals surface area (Å²) in [5, 5.41) is 21.6. The quantitative estimate of drug-likeness (QED) is 0.621. The van der Waals surface area contributed by atoms with Gasteiger partial charge in [0.15, 0.2) is 0 Å². The first-order valence-corrected chi connectivity index (χ1v) is 6.95. The molecule has 4 rings (SSSR count). The lowest BCUT2D eigenvalue weighted by atomic mass is 9.87. The van der Waals surface area contributed by atoms with Crippen LogP contribution in [-0.2, 0) is 0 Å². The van der Waals surface area contributed by atoms with E-state index >= 15 is 0 Å². The fourth-order valence-electron chi connectivity index (χ4n) is 3.15. The van der Waals surface area contributed by atoms with Crippen LogP contribution in [0.3, 0.4) is 0 Å². The minimum absolute atomic E-state index is 0.197. The molecule has 0 unspecified atom stereocenters. The summed E-state index contributed by atoms with van der Waals surface area (Å²) in [7, 11) is 0. The number of aliphatic hydroxyl groups excluding tert-OH is 2. The Morgan fingerprint density at radius 2 is 1.55 bits per heavy atom. The molecule has 1 aliphatic carbocycles. The van der Waals surface area contributed by atoms with E-state index in [9.17, 15) is 19.0 Å². The summed E-state index contributed by atoms with van der Waals surface area (Å²) in [5.74, 6) is -0.999. The third-order valence-corrected chi connectivity index (χ3v) is 4.23. The first kappa shape index (κ1) is 13.4. The van der Waals surface area contributed by atoms with Crippen LogP contribution in [0.15, 0.2) is 42.5 Å². The molecule has 3 aromatic carbocycles. The first-order valence-electron chi connectivity index (χ1n) is 6.95. The molecule has 110 valence electrons. The molecule has 0 heterocycles. The van der Waals surface area contributed by atoms with Crippen molar-refractivity contribution in [1.29, 1.82) is 0 Å². The third kappa shape index (κ3) is 1.71. The van der Waals surface area contributed by atoms with Crippen molar-refractivity contribution in [2.45, 2.75) is 12.2 Å². The van der Waals surface area contributed by atoms with Crippen LogP contribution in [0.25, 0.3) is 27.6 Å². The van der Waals surface area contributed by atoms with Crippen molar-refractivity contribution in [2.75, 3.05) is 0 Å². The predicted molar refractivity (Wildman–Crippen MR) is 81.4 cm³/mol. The fraction of sp³-hybridized carbons (Fsp3) is 0.111. The Bertz CT molecular complexity index is 947. The lowest BCUT2D eigenvalue weighted by molar-refractivity contribution is 0.0471. The summed E-state index contributed by atoms with van der Waals surface area (Å²) < 4.78 is 28.3. The van der Waals surface area contributed by atoms with Gasteiger partial charge in [-0.2, -0.15) is 0 Å². The van der Waals surface area contributed by atoms with Crippen LogP contribution >= 0.6 is 0 Å². The van der Waals surface area contributed by atoms with E-state index in [-0.39, 0.29) is 10.8 Å². The van der Waals surface area contributed by atoms with Gasteiger partial charge in [-0.05, 0) is 28.6 Å². The van der Waals surface area contributed by atoms with Crippen LogP contribution in [0.5, 0.6) is 0 Å². The average molecular weight is 298 g/mol. The number of benzene rings is 3. The zero-order valence-corrected chi connectivity index (χ0v) is 11.4. The van der Waals surface area contributed by atoms with Gasteiger partial charge < -0.3 is 10.2 Å². The van der Waals surface area contributed by atoms with E-state index in [1.807, 2.05) is 0 Å². The van der Waals surface area contributed by atoms with E-state index in [4.69, 9.17) is 0 Å². The molecule has 0 saturated heterocycles. The fourth-order valence-corrected chi connectivity index (χ4v) is 3.15. The van der Waals surface area contributed by atoms with Gasteiger partial charge in [-0.1, -0.05) is 36.4 Å². The van der Waals surface area contributed by atoms with E-state index in [0.717, 1.165) is 17.5 Å². The summed E-state index contributed by atoms with van der Waals surface area (Å²) in [6, 6.07) is 8.94. The van der Waals surface area contributed by atoms with Crippen molar-refractivity contribution in [3.63, 3.8) is 0 Å². The molecule has 0 fully saturated rings. The summed E-state index contributed by atoms with van der Waals surface area (Å²) in [6.07, 6.45) is 1.04. The van der Waals surface area contributed by atoms with Gasteiger partial charge in [0.05, 0.1) is 0 Å². The van der Waals surface area contributed by atoms with Crippen molar-refractivity contribution < 1.29 is 19.0 Å². The number of fused-ring (bicyclic) bond motifs is 5. The molecule has 2 atom stereocenters. The normalized spacial score (nSPS) is 20.5. The van der Waals surface area contributed by atoms with Crippen LogP contribution in [0.4, 0.5) is 8.78 Å². The maximum Gasteiger partial charge on any atom is 0.131 e. The molecule has 0 radical (unpaired) electrons. The van der Waals surface area contributed by atoms with Crippen molar-refractivity contribution in [3.05, 3.63) is 65.2 Å².